The monoisotopic (exact) mass is 220 g/mol. The predicted octanol–water partition coefficient (Wildman–Crippen LogP) is 0.391. The van der Waals surface area contributed by atoms with Crippen LogP contribution in [-0.2, 0) is 4.79 Å². The highest BCUT2D eigenvalue weighted by Crippen LogP contribution is 2.22. The van der Waals surface area contributed by atoms with E-state index in [9.17, 15) is 4.79 Å². The Morgan fingerprint density at radius 1 is 1.50 bits per heavy atom. The second-order valence-electron chi connectivity index (χ2n) is 4.23. The van der Waals surface area contributed by atoms with Gasteiger partial charge in [-0.1, -0.05) is 0 Å². The second-order valence-corrected chi connectivity index (χ2v) is 4.23. The molecule has 1 unspecified atom stereocenters. The summed E-state index contributed by atoms with van der Waals surface area (Å²) in [6.07, 6.45) is 5.97. The predicted molar refractivity (Wildman–Crippen MR) is 61.0 cm³/mol. The largest absolute Gasteiger partial charge is 0.355 e. The van der Waals surface area contributed by atoms with E-state index in [0.717, 1.165) is 25.3 Å². The van der Waals surface area contributed by atoms with Gasteiger partial charge in [0.2, 0.25) is 5.91 Å². The first-order valence-electron chi connectivity index (χ1n) is 5.40. The molecular formula is C11H16N4O. The van der Waals surface area contributed by atoms with Gasteiger partial charge in [0.15, 0.2) is 0 Å². The van der Waals surface area contributed by atoms with E-state index in [4.69, 9.17) is 0 Å². The molecule has 86 valence electrons. The van der Waals surface area contributed by atoms with E-state index in [1.54, 1.807) is 37.6 Å². The van der Waals surface area contributed by atoms with Crippen molar-refractivity contribution in [3.05, 3.63) is 18.6 Å². The Balaban J connectivity index is 2.01. The van der Waals surface area contributed by atoms with Crippen molar-refractivity contribution in [2.75, 3.05) is 32.1 Å². The average molecular weight is 220 g/mol. The highest BCUT2D eigenvalue weighted by atomic mass is 16.2. The van der Waals surface area contributed by atoms with Gasteiger partial charge in [-0.25, -0.2) is 4.98 Å². The molecule has 1 saturated heterocycles. The van der Waals surface area contributed by atoms with Crippen molar-refractivity contribution in [3.63, 3.8) is 0 Å². The second kappa shape index (κ2) is 4.47. The molecule has 0 saturated carbocycles. The maximum Gasteiger partial charge on any atom is 0.227 e. The molecule has 2 rings (SSSR count). The van der Waals surface area contributed by atoms with Crippen molar-refractivity contribution in [2.45, 2.75) is 6.42 Å². The fourth-order valence-electron chi connectivity index (χ4n) is 1.99. The van der Waals surface area contributed by atoms with Crippen LogP contribution in [-0.4, -0.2) is 48.0 Å². The normalized spacial score (nSPS) is 19.9. The fraction of sp³-hybridized carbons (Fsp3) is 0.545. The molecule has 1 aliphatic heterocycles. The summed E-state index contributed by atoms with van der Waals surface area (Å²) in [6, 6.07) is 0. The third kappa shape index (κ3) is 2.13. The minimum atomic E-state index is 0.0945. The van der Waals surface area contributed by atoms with Crippen LogP contribution in [0.5, 0.6) is 0 Å². The summed E-state index contributed by atoms with van der Waals surface area (Å²) in [5, 5.41) is 0. The maximum atomic E-state index is 11.8. The Morgan fingerprint density at radius 3 is 2.94 bits per heavy atom. The molecule has 16 heavy (non-hydrogen) atoms. The van der Waals surface area contributed by atoms with Crippen molar-refractivity contribution < 1.29 is 4.79 Å². The van der Waals surface area contributed by atoms with E-state index in [1.807, 2.05) is 0 Å². The van der Waals surface area contributed by atoms with E-state index in [0.29, 0.717) is 0 Å². The fourth-order valence-corrected chi connectivity index (χ4v) is 1.99. The molecule has 1 aliphatic rings. The van der Waals surface area contributed by atoms with Crippen LogP contribution in [0.25, 0.3) is 0 Å². The molecule has 1 aromatic heterocycles. The van der Waals surface area contributed by atoms with Crippen LogP contribution in [0.15, 0.2) is 18.6 Å². The molecule has 1 amide bonds. The zero-order valence-electron chi connectivity index (χ0n) is 9.63. The van der Waals surface area contributed by atoms with E-state index in [-0.39, 0.29) is 11.8 Å². The van der Waals surface area contributed by atoms with Crippen LogP contribution < -0.4 is 4.90 Å². The quantitative estimate of drug-likeness (QED) is 0.723. The van der Waals surface area contributed by atoms with Crippen molar-refractivity contribution in [1.29, 1.82) is 0 Å². The number of anilines is 1. The molecule has 5 heteroatoms. The SMILES string of the molecule is CN(C)C(=O)C1CCN(c2cnccn2)C1. The van der Waals surface area contributed by atoms with Gasteiger partial charge in [0.1, 0.15) is 5.82 Å². The number of hydrogen-bond donors (Lipinski definition) is 0. The lowest BCUT2D eigenvalue weighted by Crippen LogP contribution is -2.32. The Morgan fingerprint density at radius 2 is 2.31 bits per heavy atom. The van der Waals surface area contributed by atoms with Crippen LogP contribution in [0.4, 0.5) is 5.82 Å². The Labute approximate surface area is 95.1 Å². The summed E-state index contributed by atoms with van der Waals surface area (Å²) in [5.74, 6) is 1.15. The summed E-state index contributed by atoms with van der Waals surface area (Å²) in [6.45, 7) is 1.62. The number of aromatic nitrogens is 2. The summed E-state index contributed by atoms with van der Waals surface area (Å²) in [7, 11) is 3.60. The molecule has 0 aromatic carbocycles. The average Bonchev–Trinajstić information content (AvgIpc) is 2.78. The summed E-state index contributed by atoms with van der Waals surface area (Å²) in [5.41, 5.74) is 0. The van der Waals surface area contributed by atoms with E-state index < -0.39 is 0 Å². The van der Waals surface area contributed by atoms with Gasteiger partial charge < -0.3 is 9.80 Å². The number of carbonyl (C=O) groups is 1. The lowest BCUT2D eigenvalue weighted by atomic mass is 10.1. The maximum absolute atomic E-state index is 11.8. The minimum Gasteiger partial charge on any atom is -0.355 e. The van der Waals surface area contributed by atoms with E-state index in [1.165, 1.54) is 0 Å². The summed E-state index contributed by atoms with van der Waals surface area (Å²) >= 11 is 0. The molecule has 1 aromatic rings. The van der Waals surface area contributed by atoms with E-state index >= 15 is 0 Å². The van der Waals surface area contributed by atoms with Gasteiger partial charge in [0.05, 0.1) is 12.1 Å². The zero-order valence-corrected chi connectivity index (χ0v) is 9.63. The highest BCUT2D eigenvalue weighted by Gasteiger charge is 2.29. The van der Waals surface area contributed by atoms with Gasteiger partial charge in [-0.3, -0.25) is 9.78 Å². The van der Waals surface area contributed by atoms with Gasteiger partial charge >= 0.3 is 0 Å². The van der Waals surface area contributed by atoms with Crippen molar-refractivity contribution in [3.8, 4) is 0 Å². The van der Waals surface area contributed by atoms with Crippen LogP contribution in [0.1, 0.15) is 6.42 Å². The third-order valence-corrected chi connectivity index (χ3v) is 2.85. The third-order valence-electron chi connectivity index (χ3n) is 2.85. The number of amides is 1. The number of hydrogen-bond acceptors (Lipinski definition) is 4. The smallest absolute Gasteiger partial charge is 0.227 e. The molecule has 1 atom stereocenters. The van der Waals surface area contributed by atoms with Crippen LogP contribution in [0, 0.1) is 5.92 Å². The number of nitrogens with zero attached hydrogens (tertiary/aromatic N) is 4. The van der Waals surface area contributed by atoms with Crippen molar-refractivity contribution in [1.82, 2.24) is 14.9 Å². The topological polar surface area (TPSA) is 49.3 Å². The molecule has 0 radical (unpaired) electrons. The highest BCUT2D eigenvalue weighted by molar-refractivity contribution is 5.79. The Kier molecular flexibility index (Phi) is 3.03. The lowest BCUT2D eigenvalue weighted by Gasteiger charge is -2.18. The first-order valence-corrected chi connectivity index (χ1v) is 5.40. The molecule has 0 spiro atoms. The first-order chi connectivity index (χ1) is 7.68. The molecular weight excluding hydrogens is 204 g/mol. The van der Waals surface area contributed by atoms with Gasteiger partial charge in [0.25, 0.3) is 0 Å². The van der Waals surface area contributed by atoms with E-state index in [2.05, 4.69) is 14.9 Å². The first kappa shape index (κ1) is 10.9. The molecule has 0 bridgehead atoms. The lowest BCUT2D eigenvalue weighted by molar-refractivity contribution is -0.132. The zero-order chi connectivity index (χ0) is 11.5. The van der Waals surface area contributed by atoms with Gasteiger partial charge in [-0.15, -0.1) is 0 Å². The number of carbonyl (C=O) groups excluding carboxylic acids is 1. The summed E-state index contributed by atoms with van der Waals surface area (Å²) in [4.78, 5) is 23.8. The minimum absolute atomic E-state index is 0.0945. The van der Waals surface area contributed by atoms with Gasteiger partial charge in [-0.05, 0) is 6.42 Å². The van der Waals surface area contributed by atoms with Gasteiger partial charge in [-0.2, -0.15) is 0 Å². The van der Waals surface area contributed by atoms with Crippen LogP contribution >= 0.6 is 0 Å². The molecule has 0 N–H and O–H groups in total. The summed E-state index contributed by atoms with van der Waals surface area (Å²) < 4.78 is 0. The van der Waals surface area contributed by atoms with Crippen molar-refractivity contribution in [2.24, 2.45) is 5.92 Å². The molecule has 0 aliphatic carbocycles. The molecule has 5 nitrogen and oxygen atoms in total. The standard InChI is InChI=1S/C11H16N4O/c1-14(2)11(16)9-3-6-15(8-9)10-7-12-4-5-13-10/h4-5,7,9H,3,6,8H2,1-2H3. The molecule has 2 heterocycles. The number of rotatable bonds is 2. The van der Waals surface area contributed by atoms with Crippen LogP contribution in [0.3, 0.4) is 0 Å². The Hall–Kier alpha value is -1.65. The van der Waals surface area contributed by atoms with Crippen molar-refractivity contribution >= 4 is 11.7 Å². The Bertz CT molecular complexity index is 366. The van der Waals surface area contributed by atoms with Gasteiger partial charge in [0, 0.05) is 39.6 Å². The van der Waals surface area contributed by atoms with Crippen LogP contribution in [0.2, 0.25) is 0 Å². The molecule has 1 fully saturated rings.